The number of nitrogens with zero attached hydrogens (tertiary/aromatic N) is 2. The number of halogens is 1. The van der Waals surface area contributed by atoms with E-state index in [0.29, 0.717) is 23.9 Å². The van der Waals surface area contributed by atoms with Crippen LogP contribution in [0.5, 0.6) is 5.75 Å². The molecule has 1 aliphatic heterocycles. The third-order valence-corrected chi connectivity index (χ3v) is 4.70. The Balaban J connectivity index is 1.82. The smallest absolute Gasteiger partial charge is 0.226 e. The number of carbonyl (C=O) groups is 1. The molecule has 1 aromatic heterocycles. The van der Waals surface area contributed by atoms with Gasteiger partial charge in [0.05, 0.1) is 18.5 Å². The van der Waals surface area contributed by atoms with Gasteiger partial charge in [-0.2, -0.15) is 5.10 Å². The fourth-order valence-electron chi connectivity index (χ4n) is 3.36. The number of hydrogen-bond donors (Lipinski definition) is 1. The molecule has 0 saturated carbocycles. The number of carbonyl (C=O) groups excluding carboxylic acids is 1. The SMILES string of the molecule is CCOc1ccccc1[C@@H]1CC(=O)Nc2c1cnn2-c1cccc(Cl)c1. The molecular weight excluding hydrogens is 350 g/mol. The zero-order valence-corrected chi connectivity index (χ0v) is 15.0. The van der Waals surface area contributed by atoms with Gasteiger partial charge in [-0.25, -0.2) is 4.68 Å². The molecule has 2 aromatic carbocycles. The van der Waals surface area contributed by atoms with Gasteiger partial charge >= 0.3 is 0 Å². The zero-order valence-electron chi connectivity index (χ0n) is 14.3. The maximum Gasteiger partial charge on any atom is 0.226 e. The minimum atomic E-state index is -0.102. The van der Waals surface area contributed by atoms with Crippen molar-refractivity contribution in [2.75, 3.05) is 11.9 Å². The Bertz CT molecular complexity index is 967. The van der Waals surface area contributed by atoms with E-state index in [-0.39, 0.29) is 11.8 Å². The van der Waals surface area contributed by atoms with Gasteiger partial charge < -0.3 is 10.1 Å². The Morgan fingerprint density at radius 1 is 1.23 bits per heavy atom. The molecule has 0 bridgehead atoms. The lowest BCUT2D eigenvalue weighted by molar-refractivity contribution is -0.116. The number of aromatic nitrogens is 2. The standard InChI is InChI=1S/C20H18ClN3O2/c1-2-26-18-9-4-3-8-15(18)16-11-19(25)23-20-17(16)12-22-24(20)14-7-5-6-13(21)10-14/h3-10,12,16H,2,11H2,1H3,(H,23,25)/t16-/m0/s1. The summed E-state index contributed by atoms with van der Waals surface area (Å²) in [5, 5.41) is 8.07. The van der Waals surface area contributed by atoms with Gasteiger partial charge in [-0.1, -0.05) is 35.9 Å². The summed E-state index contributed by atoms with van der Waals surface area (Å²) in [6, 6.07) is 15.2. The van der Waals surface area contributed by atoms with Gasteiger partial charge in [-0.15, -0.1) is 0 Å². The van der Waals surface area contributed by atoms with Crippen LogP contribution in [0, 0.1) is 0 Å². The number of ether oxygens (including phenoxy) is 1. The van der Waals surface area contributed by atoms with Crippen molar-refractivity contribution in [2.45, 2.75) is 19.3 Å². The van der Waals surface area contributed by atoms with Crippen molar-refractivity contribution in [3.05, 3.63) is 70.9 Å². The van der Waals surface area contributed by atoms with Crippen LogP contribution in [0.1, 0.15) is 30.4 Å². The summed E-state index contributed by atoms with van der Waals surface area (Å²) in [6.07, 6.45) is 2.17. The predicted molar refractivity (Wildman–Crippen MR) is 101 cm³/mol. The van der Waals surface area contributed by atoms with Crippen LogP contribution >= 0.6 is 11.6 Å². The minimum Gasteiger partial charge on any atom is -0.494 e. The van der Waals surface area contributed by atoms with Gasteiger partial charge in [0.2, 0.25) is 5.91 Å². The van der Waals surface area contributed by atoms with Gasteiger partial charge in [0.1, 0.15) is 11.6 Å². The maximum atomic E-state index is 12.4. The normalized spacial score (nSPS) is 16.1. The molecule has 4 rings (SSSR count). The Hall–Kier alpha value is -2.79. The third kappa shape index (κ3) is 2.95. The highest BCUT2D eigenvalue weighted by Gasteiger charge is 2.32. The number of amides is 1. The number of hydrogen-bond acceptors (Lipinski definition) is 3. The van der Waals surface area contributed by atoms with E-state index < -0.39 is 0 Å². The summed E-state index contributed by atoms with van der Waals surface area (Å²) in [5.74, 6) is 1.34. The lowest BCUT2D eigenvalue weighted by atomic mass is 9.87. The Labute approximate surface area is 156 Å². The van der Waals surface area contributed by atoms with Crippen LogP contribution in [0.4, 0.5) is 5.82 Å². The molecule has 0 saturated heterocycles. The quantitative estimate of drug-likeness (QED) is 0.743. The van der Waals surface area contributed by atoms with E-state index in [4.69, 9.17) is 16.3 Å². The molecule has 26 heavy (non-hydrogen) atoms. The second-order valence-electron chi connectivity index (χ2n) is 6.12. The Morgan fingerprint density at radius 2 is 2.08 bits per heavy atom. The summed E-state index contributed by atoms with van der Waals surface area (Å²) in [4.78, 5) is 12.4. The molecule has 3 aromatic rings. The molecule has 5 nitrogen and oxygen atoms in total. The van der Waals surface area contributed by atoms with Crippen molar-refractivity contribution in [1.29, 1.82) is 0 Å². The first-order valence-corrected chi connectivity index (χ1v) is 8.90. The lowest BCUT2D eigenvalue weighted by Gasteiger charge is -2.25. The number of para-hydroxylation sites is 1. The fourth-order valence-corrected chi connectivity index (χ4v) is 3.54. The van der Waals surface area contributed by atoms with E-state index in [0.717, 1.165) is 22.6 Å². The molecule has 0 radical (unpaired) electrons. The molecule has 0 spiro atoms. The zero-order chi connectivity index (χ0) is 18.1. The molecule has 1 N–H and O–H groups in total. The van der Waals surface area contributed by atoms with E-state index >= 15 is 0 Å². The first-order valence-electron chi connectivity index (χ1n) is 8.52. The van der Waals surface area contributed by atoms with E-state index in [1.54, 1.807) is 10.7 Å². The van der Waals surface area contributed by atoms with Crippen LogP contribution in [0.25, 0.3) is 5.69 Å². The molecule has 132 valence electrons. The highest BCUT2D eigenvalue weighted by molar-refractivity contribution is 6.30. The first kappa shape index (κ1) is 16.7. The Morgan fingerprint density at radius 3 is 2.88 bits per heavy atom. The number of fused-ring (bicyclic) bond motifs is 1. The van der Waals surface area contributed by atoms with E-state index in [2.05, 4.69) is 10.4 Å². The number of rotatable bonds is 4. The van der Waals surface area contributed by atoms with Crippen LogP contribution in [-0.4, -0.2) is 22.3 Å². The topological polar surface area (TPSA) is 56.1 Å². The molecule has 1 amide bonds. The summed E-state index contributed by atoms with van der Waals surface area (Å²) < 4.78 is 7.49. The summed E-state index contributed by atoms with van der Waals surface area (Å²) in [7, 11) is 0. The molecule has 0 aliphatic carbocycles. The Kier molecular flexibility index (Phi) is 4.39. The van der Waals surface area contributed by atoms with Gasteiger partial charge in [0.15, 0.2) is 0 Å². The van der Waals surface area contributed by atoms with Gasteiger partial charge in [0.25, 0.3) is 0 Å². The largest absolute Gasteiger partial charge is 0.494 e. The van der Waals surface area contributed by atoms with Crippen LogP contribution in [0.3, 0.4) is 0 Å². The third-order valence-electron chi connectivity index (χ3n) is 4.47. The molecule has 0 fully saturated rings. The second-order valence-corrected chi connectivity index (χ2v) is 6.55. The first-order chi connectivity index (χ1) is 12.7. The van der Waals surface area contributed by atoms with Crippen molar-refractivity contribution >= 4 is 23.3 Å². The van der Waals surface area contributed by atoms with E-state index in [1.165, 1.54) is 0 Å². The monoisotopic (exact) mass is 367 g/mol. The molecule has 0 unspecified atom stereocenters. The lowest BCUT2D eigenvalue weighted by Crippen LogP contribution is -2.24. The van der Waals surface area contributed by atoms with Crippen LogP contribution in [0.15, 0.2) is 54.7 Å². The van der Waals surface area contributed by atoms with Crippen molar-refractivity contribution < 1.29 is 9.53 Å². The average Bonchev–Trinajstić information content (AvgIpc) is 3.05. The highest BCUT2D eigenvalue weighted by atomic mass is 35.5. The fraction of sp³-hybridized carbons (Fsp3) is 0.200. The number of nitrogens with one attached hydrogen (secondary N) is 1. The van der Waals surface area contributed by atoms with Crippen LogP contribution < -0.4 is 10.1 Å². The average molecular weight is 368 g/mol. The van der Waals surface area contributed by atoms with Crippen molar-refractivity contribution in [3.8, 4) is 11.4 Å². The van der Waals surface area contributed by atoms with E-state index in [9.17, 15) is 4.79 Å². The van der Waals surface area contributed by atoms with Crippen molar-refractivity contribution in [2.24, 2.45) is 0 Å². The highest BCUT2D eigenvalue weighted by Crippen LogP contribution is 2.41. The van der Waals surface area contributed by atoms with E-state index in [1.807, 2.05) is 55.6 Å². The molecule has 6 heteroatoms. The van der Waals surface area contributed by atoms with Crippen molar-refractivity contribution in [3.63, 3.8) is 0 Å². The van der Waals surface area contributed by atoms with Gasteiger partial charge in [-0.05, 0) is 31.2 Å². The van der Waals surface area contributed by atoms with Crippen molar-refractivity contribution in [1.82, 2.24) is 9.78 Å². The molecule has 1 aliphatic rings. The number of benzene rings is 2. The van der Waals surface area contributed by atoms with Crippen LogP contribution in [-0.2, 0) is 4.79 Å². The molecule has 1 atom stereocenters. The molecule has 2 heterocycles. The number of anilines is 1. The summed E-state index contributed by atoms with van der Waals surface area (Å²) in [5.41, 5.74) is 2.77. The summed E-state index contributed by atoms with van der Waals surface area (Å²) in [6.45, 7) is 2.53. The maximum absolute atomic E-state index is 12.4. The minimum absolute atomic E-state index is 0.0439. The predicted octanol–water partition coefficient (Wildman–Crippen LogP) is 4.40. The van der Waals surface area contributed by atoms with Crippen LogP contribution in [0.2, 0.25) is 5.02 Å². The molecular formula is C20H18ClN3O2. The second kappa shape index (κ2) is 6.84. The van der Waals surface area contributed by atoms with Gasteiger partial charge in [0, 0.05) is 28.5 Å². The van der Waals surface area contributed by atoms with Gasteiger partial charge in [-0.3, -0.25) is 4.79 Å². The summed E-state index contributed by atoms with van der Waals surface area (Å²) >= 11 is 6.11.